The Balaban J connectivity index is 1.16. The molecular weight excluding hydrogens is 686 g/mol. The van der Waals surface area contributed by atoms with Gasteiger partial charge in [0.1, 0.15) is 24.4 Å². The lowest BCUT2D eigenvalue weighted by Crippen LogP contribution is -2.67. The topological polar surface area (TPSA) is 161 Å². The molecule has 11 atom stereocenters. The van der Waals surface area contributed by atoms with E-state index < -0.39 is 55.6 Å². The number of nitrogens with one attached hydrogen (secondary N) is 1. The third-order valence-electron chi connectivity index (χ3n) is 13.1. The molecule has 2 saturated heterocycles. The Morgan fingerprint density at radius 1 is 0.722 bits per heavy atom. The van der Waals surface area contributed by atoms with Crippen LogP contribution in [0.15, 0.2) is 12.2 Å². The number of hydrogen-bond donors (Lipinski definition) is 7. The molecule has 2 aliphatic heterocycles. The maximum absolute atomic E-state index is 11.5. The van der Waals surface area contributed by atoms with E-state index in [1.165, 1.54) is 116 Å². The minimum Gasteiger partial charge on any atom is -0.394 e. The smallest absolute Gasteiger partial charge is 0.186 e. The van der Waals surface area contributed by atoms with Gasteiger partial charge in [0.05, 0.1) is 50.2 Å². The summed E-state index contributed by atoms with van der Waals surface area (Å²) in [5.74, 6) is 2.69. The van der Waals surface area contributed by atoms with Crippen LogP contribution in [-0.4, -0.2) is 112 Å². The van der Waals surface area contributed by atoms with Crippen molar-refractivity contribution in [2.24, 2.45) is 17.8 Å². The van der Waals surface area contributed by atoms with E-state index in [9.17, 15) is 30.6 Å². The zero-order valence-electron chi connectivity index (χ0n) is 33.9. The third-order valence-corrected chi connectivity index (χ3v) is 13.1. The van der Waals surface area contributed by atoms with Crippen LogP contribution < -0.4 is 5.32 Å². The molecule has 1 saturated carbocycles. The average molecular weight is 768 g/mol. The number of rotatable bonds is 32. The first-order chi connectivity index (χ1) is 26.3. The standard InChI is InChI=1S/C44H81NO9/c1-2-3-4-5-6-7-8-9-10-14-17-20-23-37(47)39(48)36(30-53-43-42(51)41(50)40(49)38(29-46)54-43)45-44(31-52-32-44)26-21-18-15-12-11-13-16-19-22-34-27-33-24-25-35(34)28-33/h24-25,33-43,45-51H,2-23,26-32H2,1H3/t33-,34+,35-,36+,37-,38?,39+,40?,41?,42?,43?/m1/s1. The van der Waals surface area contributed by atoms with Crippen molar-refractivity contribution in [2.45, 2.75) is 222 Å². The lowest BCUT2D eigenvalue weighted by atomic mass is 9.87. The van der Waals surface area contributed by atoms with E-state index in [1.54, 1.807) is 0 Å². The van der Waals surface area contributed by atoms with Crippen molar-refractivity contribution in [3.05, 3.63) is 12.2 Å². The monoisotopic (exact) mass is 768 g/mol. The third kappa shape index (κ3) is 15.3. The van der Waals surface area contributed by atoms with Crippen molar-refractivity contribution in [3.63, 3.8) is 0 Å². The molecule has 10 heteroatoms. The van der Waals surface area contributed by atoms with Gasteiger partial charge in [0, 0.05) is 0 Å². The molecule has 0 radical (unpaired) electrons. The van der Waals surface area contributed by atoms with Gasteiger partial charge in [-0.2, -0.15) is 0 Å². The maximum atomic E-state index is 11.5. The summed E-state index contributed by atoms with van der Waals surface area (Å²) in [5, 5.41) is 66.9. The summed E-state index contributed by atoms with van der Waals surface area (Å²) in [6, 6.07) is -0.691. The number of allylic oxidation sites excluding steroid dienone is 2. The van der Waals surface area contributed by atoms with Crippen LogP contribution in [0.2, 0.25) is 0 Å². The van der Waals surface area contributed by atoms with Crippen LogP contribution in [0, 0.1) is 17.8 Å². The highest BCUT2D eigenvalue weighted by Gasteiger charge is 2.46. The van der Waals surface area contributed by atoms with Crippen LogP contribution in [0.5, 0.6) is 0 Å². The van der Waals surface area contributed by atoms with Crippen molar-refractivity contribution in [3.8, 4) is 0 Å². The molecule has 4 rings (SSSR count). The fourth-order valence-electron chi connectivity index (χ4n) is 9.46. The number of aliphatic hydroxyl groups is 6. The first-order valence-electron chi connectivity index (χ1n) is 22.6. The summed E-state index contributed by atoms with van der Waals surface area (Å²) in [6.07, 6.45) is 26.1. The van der Waals surface area contributed by atoms with Crippen molar-refractivity contribution in [1.29, 1.82) is 0 Å². The van der Waals surface area contributed by atoms with E-state index in [0.29, 0.717) is 19.6 Å². The summed E-state index contributed by atoms with van der Waals surface area (Å²) in [5.41, 5.74) is -0.352. The van der Waals surface area contributed by atoms with Gasteiger partial charge < -0.3 is 44.8 Å². The number of unbranched alkanes of at least 4 members (excludes halogenated alkanes) is 18. The second-order valence-corrected chi connectivity index (χ2v) is 17.7. The number of fused-ring (bicyclic) bond motifs is 2. The second-order valence-electron chi connectivity index (χ2n) is 17.7. The molecule has 5 unspecified atom stereocenters. The highest BCUT2D eigenvalue weighted by molar-refractivity contribution is 5.09. The largest absolute Gasteiger partial charge is 0.394 e. The van der Waals surface area contributed by atoms with Gasteiger partial charge in [-0.05, 0) is 49.9 Å². The molecule has 2 bridgehead atoms. The van der Waals surface area contributed by atoms with Crippen molar-refractivity contribution < 1.29 is 44.8 Å². The van der Waals surface area contributed by atoms with Gasteiger partial charge >= 0.3 is 0 Å². The molecule has 0 aromatic rings. The van der Waals surface area contributed by atoms with Crippen LogP contribution in [0.4, 0.5) is 0 Å². The molecule has 0 amide bonds. The maximum Gasteiger partial charge on any atom is 0.186 e. The summed E-state index contributed by atoms with van der Waals surface area (Å²) >= 11 is 0. The van der Waals surface area contributed by atoms with Crippen molar-refractivity contribution in [2.75, 3.05) is 26.4 Å². The molecule has 2 heterocycles. The molecule has 10 nitrogen and oxygen atoms in total. The predicted octanol–water partition coefficient (Wildman–Crippen LogP) is 6.46. The van der Waals surface area contributed by atoms with Crippen LogP contribution in [0.1, 0.15) is 167 Å². The van der Waals surface area contributed by atoms with E-state index >= 15 is 0 Å². The van der Waals surface area contributed by atoms with Crippen molar-refractivity contribution in [1.82, 2.24) is 5.32 Å². The van der Waals surface area contributed by atoms with E-state index in [4.69, 9.17) is 14.2 Å². The van der Waals surface area contributed by atoms with Gasteiger partial charge in [-0.1, -0.05) is 147 Å². The van der Waals surface area contributed by atoms with E-state index in [2.05, 4.69) is 24.4 Å². The first kappa shape index (κ1) is 46.0. The van der Waals surface area contributed by atoms with E-state index in [1.807, 2.05) is 0 Å². The summed E-state index contributed by atoms with van der Waals surface area (Å²) in [6.45, 7) is 2.60. The second kappa shape index (κ2) is 25.6. The van der Waals surface area contributed by atoms with Crippen LogP contribution in [-0.2, 0) is 14.2 Å². The Morgan fingerprint density at radius 3 is 1.85 bits per heavy atom. The number of ether oxygens (including phenoxy) is 3. The summed E-state index contributed by atoms with van der Waals surface area (Å²) < 4.78 is 17.2. The van der Waals surface area contributed by atoms with Crippen LogP contribution in [0.25, 0.3) is 0 Å². The van der Waals surface area contributed by atoms with Crippen LogP contribution in [0.3, 0.4) is 0 Å². The number of aliphatic hydroxyl groups excluding tert-OH is 6. The van der Waals surface area contributed by atoms with Gasteiger partial charge in [0.25, 0.3) is 0 Å². The minimum absolute atomic E-state index is 0.111. The van der Waals surface area contributed by atoms with Gasteiger partial charge in [-0.25, -0.2) is 0 Å². The fourth-order valence-corrected chi connectivity index (χ4v) is 9.46. The Morgan fingerprint density at radius 2 is 1.31 bits per heavy atom. The molecule has 0 aromatic carbocycles. The number of hydrogen-bond acceptors (Lipinski definition) is 10. The average Bonchev–Trinajstić information content (AvgIpc) is 3.79. The molecule has 54 heavy (non-hydrogen) atoms. The normalized spacial score (nSPS) is 30.4. The van der Waals surface area contributed by atoms with Gasteiger partial charge in [-0.3, -0.25) is 5.32 Å². The summed E-state index contributed by atoms with van der Waals surface area (Å²) in [4.78, 5) is 0. The van der Waals surface area contributed by atoms with E-state index in [0.717, 1.165) is 56.3 Å². The Kier molecular flexibility index (Phi) is 21.9. The van der Waals surface area contributed by atoms with Crippen molar-refractivity contribution >= 4 is 0 Å². The highest BCUT2D eigenvalue weighted by Crippen LogP contribution is 2.45. The molecule has 2 aliphatic carbocycles. The molecular formula is C44H81NO9. The Labute approximate surface area is 327 Å². The molecule has 0 aromatic heterocycles. The zero-order chi connectivity index (χ0) is 38.6. The van der Waals surface area contributed by atoms with E-state index in [-0.39, 0.29) is 12.1 Å². The molecule has 7 N–H and O–H groups in total. The highest BCUT2D eigenvalue weighted by atomic mass is 16.7. The zero-order valence-corrected chi connectivity index (χ0v) is 33.9. The SMILES string of the molecule is CCCCCCCCCCCCCC[C@@H](O)[C@@H](O)[C@H](COC1OC(CO)C(O)C(O)C1O)NC1(CCCCCCCCCC[C@H]2C[C@H]3C=C[C@@H]2C3)COC1. The fraction of sp³-hybridized carbons (Fsp3) is 0.955. The molecule has 3 fully saturated rings. The van der Waals surface area contributed by atoms with Gasteiger partial charge in [0.15, 0.2) is 6.29 Å². The molecule has 4 aliphatic rings. The van der Waals surface area contributed by atoms with Gasteiger partial charge in [0.2, 0.25) is 0 Å². The Bertz CT molecular complexity index is 995. The first-order valence-corrected chi connectivity index (χ1v) is 22.6. The van der Waals surface area contributed by atoms with Gasteiger partial charge in [-0.15, -0.1) is 0 Å². The Hall–Kier alpha value is -0.660. The van der Waals surface area contributed by atoms with Crippen LogP contribution >= 0.6 is 0 Å². The quantitative estimate of drug-likeness (QED) is 0.0299. The molecule has 0 spiro atoms. The lowest BCUT2D eigenvalue weighted by molar-refractivity contribution is -0.303. The summed E-state index contributed by atoms with van der Waals surface area (Å²) in [7, 11) is 0. The predicted molar refractivity (Wildman–Crippen MR) is 213 cm³/mol. The molecule has 316 valence electrons. The lowest BCUT2D eigenvalue weighted by Gasteiger charge is -2.46. The minimum atomic E-state index is -1.55.